The number of hydrogen-bond donors (Lipinski definition) is 2. The zero-order valence-corrected chi connectivity index (χ0v) is 11.7. The molecule has 2 rings (SSSR count). The summed E-state index contributed by atoms with van der Waals surface area (Å²) in [5, 5.41) is 5.91. The van der Waals surface area contributed by atoms with Gasteiger partial charge in [0.15, 0.2) is 0 Å². The minimum Gasteiger partial charge on any atom is -0.337 e. The molecule has 2 saturated carbocycles. The zero-order chi connectivity index (χ0) is 12.7. The Morgan fingerprint density at radius 2 is 2.12 bits per heavy atom. The monoisotopic (exact) mass is 258 g/mol. The average molecular weight is 259 g/mol. The Hall–Kier alpha value is -0.440. The van der Waals surface area contributed by atoms with Gasteiger partial charge in [0.2, 0.25) is 0 Å². The van der Waals surface area contributed by atoms with Crippen molar-refractivity contribution in [2.24, 2.45) is 16.7 Å². The molecule has 2 amide bonds. The van der Waals surface area contributed by atoms with Crippen molar-refractivity contribution in [1.29, 1.82) is 0 Å². The second kappa shape index (κ2) is 4.34. The van der Waals surface area contributed by atoms with Crippen LogP contribution in [0.15, 0.2) is 0 Å². The molecule has 17 heavy (non-hydrogen) atoms. The van der Waals surface area contributed by atoms with Crippen LogP contribution in [-0.4, -0.2) is 24.5 Å². The van der Waals surface area contributed by atoms with Gasteiger partial charge in [-0.1, -0.05) is 20.8 Å². The van der Waals surface area contributed by atoms with Gasteiger partial charge in [-0.05, 0) is 36.0 Å². The normalized spacial score (nSPS) is 38.1. The summed E-state index contributed by atoms with van der Waals surface area (Å²) in [6, 6.07) is 0.242. The summed E-state index contributed by atoms with van der Waals surface area (Å²) in [7, 11) is 0. The van der Waals surface area contributed by atoms with Crippen molar-refractivity contribution >= 4 is 17.6 Å². The third-order valence-corrected chi connectivity index (χ3v) is 5.67. The molecule has 2 aliphatic rings. The van der Waals surface area contributed by atoms with Gasteiger partial charge in [-0.25, -0.2) is 4.79 Å². The van der Waals surface area contributed by atoms with Crippen LogP contribution >= 0.6 is 11.6 Å². The summed E-state index contributed by atoms with van der Waals surface area (Å²) in [5.41, 5.74) is 0.591. The minimum absolute atomic E-state index is 0.0692. The van der Waals surface area contributed by atoms with Gasteiger partial charge in [-0.3, -0.25) is 0 Å². The smallest absolute Gasteiger partial charge is 0.315 e. The number of fused-ring (bicyclic) bond motifs is 2. The van der Waals surface area contributed by atoms with Crippen molar-refractivity contribution in [3.63, 3.8) is 0 Å². The number of alkyl halides is 1. The molecule has 0 aliphatic heterocycles. The van der Waals surface area contributed by atoms with Gasteiger partial charge >= 0.3 is 6.03 Å². The number of nitrogens with one attached hydrogen (secondary N) is 2. The minimum atomic E-state index is -0.0692. The first-order valence-corrected chi connectivity index (χ1v) is 7.05. The lowest BCUT2D eigenvalue weighted by molar-refractivity contribution is 0.123. The van der Waals surface area contributed by atoms with Gasteiger partial charge in [-0.15, -0.1) is 11.6 Å². The first kappa shape index (κ1) is 13.0. The predicted molar refractivity (Wildman–Crippen MR) is 70.3 cm³/mol. The number of hydrogen-bond acceptors (Lipinski definition) is 1. The molecule has 3 atom stereocenters. The lowest BCUT2D eigenvalue weighted by Gasteiger charge is -2.39. The van der Waals surface area contributed by atoms with Crippen molar-refractivity contribution in [2.45, 2.75) is 46.1 Å². The van der Waals surface area contributed by atoms with Crippen LogP contribution in [-0.2, 0) is 0 Å². The van der Waals surface area contributed by atoms with E-state index in [-0.39, 0.29) is 11.4 Å². The van der Waals surface area contributed by atoms with E-state index in [2.05, 4.69) is 31.4 Å². The number of urea groups is 1. The van der Waals surface area contributed by atoms with Gasteiger partial charge in [-0.2, -0.15) is 0 Å². The van der Waals surface area contributed by atoms with Crippen molar-refractivity contribution in [1.82, 2.24) is 10.6 Å². The second-order valence-electron chi connectivity index (χ2n) is 6.25. The molecule has 0 heterocycles. The highest BCUT2D eigenvalue weighted by Crippen LogP contribution is 2.65. The van der Waals surface area contributed by atoms with Gasteiger partial charge < -0.3 is 10.6 Å². The Morgan fingerprint density at radius 1 is 1.41 bits per heavy atom. The summed E-state index contributed by atoms with van der Waals surface area (Å²) in [6.07, 6.45) is 3.66. The third-order valence-electron chi connectivity index (χ3n) is 5.48. The van der Waals surface area contributed by atoms with E-state index in [1.165, 1.54) is 12.8 Å². The van der Waals surface area contributed by atoms with E-state index in [4.69, 9.17) is 11.6 Å². The molecule has 4 heteroatoms. The van der Waals surface area contributed by atoms with E-state index >= 15 is 0 Å². The van der Waals surface area contributed by atoms with Crippen LogP contribution in [0.3, 0.4) is 0 Å². The molecule has 0 aromatic heterocycles. The van der Waals surface area contributed by atoms with E-state index in [9.17, 15) is 4.79 Å². The Bertz CT molecular complexity index is 319. The molecule has 3 nitrogen and oxygen atoms in total. The van der Waals surface area contributed by atoms with Crippen LogP contribution in [0, 0.1) is 16.7 Å². The maximum absolute atomic E-state index is 11.7. The fourth-order valence-electron chi connectivity index (χ4n) is 3.79. The molecule has 0 radical (unpaired) electrons. The fourth-order valence-corrected chi connectivity index (χ4v) is 3.89. The molecule has 98 valence electrons. The molecule has 2 bridgehead atoms. The molecule has 2 fully saturated rings. The average Bonchev–Trinajstić information content (AvgIpc) is 2.59. The van der Waals surface area contributed by atoms with Crippen LogP contribution in [0.2, 0.25) is 0 Å². The number of carbonyl (C=O) groups is 1. The lowest BCUT2D eigenvalue weighted by atomic mass is 9.69. The Morgan fingerprint density at radius 3 is 2.59 bits per heavy atom. The van der Waals surface area contributed by atoms with Crippen molar-refractivity contribution in [2.75, 3.05) is 12.4 Å². The maximum Gasteiger partial charge on any atom is 0.315 e. The summed E-state index contributed by atoms with van der Waals surface area (Å²) >= 11 is 5.56. The second-order valence-corrected chi connectivity index (χ2v) is 6.63. The van der Waals surface area contributed by atoms with Crippen LogP contribution in [0.4, 0.5) is 4.79 Å². The maximum atomic E-state index is 11.7. The van der Waals surface area contributed by atoms with Crippen LogP contribution in [0.5, 0.6) is 0 Å². The number of rotatable bonds is 3. The van der Waals surface area contributed by atoms with E-state index in [0.29, 0.717) is 23.9 Å². The summed E-state index contributed by atoms with van der Waals surface area (Å²) < 4.78 is 0. The summed E-state index contributed by atoms with van der Waals surface area (Å²) in [6.45, 7) is 7.56. The lowest BCUT2D eigenvalue weighted by Crippen LogP contribution is -2.50. The largest absolute Gasteiger partial charge is 0.337 e. The van der Waals surface area contributed by atoms with E-state index in [1.54, 1.807) is 0 Å². The van der Waals surface area contributed by atoms with E-state index in [1.807, 2.05) is 0 Å². The Kier molecular flexibility index (Phi) is 3.32. The zero-order valence-electron chi connectivity index (χ0n) is 11.0. The number of amides is 2. The highest BCUT2D eigenvalue weighted by molar-refractivity contribution is 6.18. The van der Waals surface area contributed by atoms with Gasteiger partial charge in [0, 0.05) is 18.5 Å². The highest BCUT2D eigenvalue weighted by Gasteiger charge is 2.61. The molecule has 0 unspecified atom stereocenters. The van der Waals surface area contributed by atoms with Crippen LogP contribution < -0.4 is 10.6 Å². The Balaban J connectivity index is 1.98. The SMILES string of the molecule is CC1(C)[C@@H]2CC[C@]1(C)[C@@H](NC(=O)NCCCl)C2. The van der Waals surface area contributed by atoms with Crippen molar-refractivity contribution in [3.05, 3.63) is 0 Å². The quantitative estimate of drug-likeness (QED) is 0.751. The standard InChI is InChI=1S/C13H23ClN2O/c1-12(2)9-4-5-13(12,3)10(8-9)16-11(17)15-7-6-14/h9-10H,4-8H2,1-3H3,(H2,15,16,17)/t9-,10+,13-/m1/s1. The molecule has 2 aliphatic carbocycles. The van der Waals surface area contributed by atoms with Crippen molar-refractivity contribution in [3.8, 4) is 0 Å². The van der Waals surface area contributed by atoms with Gasteiger partial charge in [0.05, 0.1) is 0 Å². The first-order chi connectivity index (χ1) is 7.91. The van der Waals surface area contributed by atoms with Gasteiger partial charge in [0.1, 0.15) is 0 Å². The molecule has 0 aromatic carbocycles. The molecule has 0 saturated heterocycles. The van der Waals surface area contributed by atoms with Crippen LogP contribution in [0.25, 0.3) is 0 Å². The van der Waals surface area contributed by atoms with Crippen LogP contribution in [0.1, 0.15) is 40.0 Å². The van der Waals surface area contributed by atoms with Crippen molar-refractivity contribution < 1.29 is 4.79 Å². The Labute approximate surface area is 109 Å². The predicted octanol–water partition coefficient (Wildman–Crippen LogP) is 2.74. The molecule has 0 aromatic rings. The van der Waals surface area contributed by atoms with E-state index < -0.39 is 0 Å². The highest BCUT2D eigenvalue weighted by atomic mass is 35.5. The topological polar surface area (TPSA) is 41.1 Å². The number of halogens is 1. The first-order valence-electron chi connectivity index (χ1n) is 6.52. The summed E-state index contributed by atoms with van der Waals surface area (Å²) in [4.78, 5) is 11.7. The number of carbonyl (C=O) groups excluding carboxylic acids is 1. The molecular weight excluding hydrogens is 236 g/mol. The van der Waals surface area contributed by atoms with E-state index in [0.717, 1.165) is 12.3 Å². The third kappa shape index (κ3) is 1.92. The molecule has 0 spiro atoms. The molecular formula is C13H23ClN2O. The molecule has 2 N–H and O–H groups in total. The van der Waals surface area contributed by atoms with Gasteiger partial charge in [0.25, 0.3) is 0 Å². The fraction of sp³-hybridized carbons (Fsp3) is 0.923. The summed E-state index contributed by atoms with van der Waals surface area (Å²) in [5.74, 6) is 1.22.